The van der Waals surface area contributed by atoms with Crippen LogP contribution < -0.4 is 15.8 Å². The second-order valence-corrected chi connectivity index (χ2v) is 6.00. The molecule has 2 rings (SSSR count). The van der Waals surface area contributed by atoms with Crippen molar-refractivity contribution in [3.63, 3.8) is 0 Å². The smallest absolute Gasteiger partial charge is 0.237 e. The number of amides is 1. The zero-order valence-corrected chi connectivity index (χ0v) is 14.5. The van der Waals surface area contributed by atoms with E-state index in [4.69, 9.17) is 10.5 Å². The molecule has 2 aromatic rings. The maximum atomic E-state index is 11.8. The molecule has 0 bridgehead atoms. The van der Waals surface area contributed by atoms with Gasteiger partial charge in [-0.1, -0.05) is 55.8 Å². The van der Waals surface area contributed by atoms with E-state index in [1.807, 2.05) is 49.4 Å². The van der Waals surface area contributed by atoms with E-state index < -0.39 is 12.1 Å². The molecule has 2 unspecified atom stereocenters. The highest BCUT2D eigenvalue weighted by Gasteiger charge is 2.15. The summed E-state index contributed by atoms with van der Waals surface area (Å²) in [6.45, 7) is 2.56. The maximum Gasteiger partial charge on any atom is 0.237 e. The lowest BCUT2D eigenvalue weighted by atomic mass is 10.1. The molecule has 0 aliphatic rings. The quantitative estimate of drug-likeness (QED) is 0.654. The van der Waals surface area contributed by atoms with Crippen LogP contribution in [0.4, 0.5) is 0 Å². The van der Waals surface area contributed by atoms with Crippen LogP contribution in [0.1, 0.15) is 37.0 Å². The number of aliphatic hydroxyl groups excluding tert-OH is 1. The second-order valence-electron chi connectivity index (χ2n) is 6.00. The fraction of sp³-hybridized carbons (Fsp3) is 0.350. The normalized spacial score (nSPS) is 13.1. The van der Waals surface area contributed by atoms with Gasteiger partial charge in [0.1, 0.15) is 12.4 Å². The monoisotopic (exact) mass is 342 g/mol. The SMILES string of the molecule is CCCC(N)C(=O)NCC(O)c1cccc(OCc2ccccc2)c1. The standard InChI is InChI=1S/C20H26N2O3/c1-2-7-18(21)20(24)22-13-19(23)16-10-6-11-17(12-16)25-14-15-8-4-3-5-9-15/h3-6,8-12,18-19,23H,2,7,13-14,21H2,1H3,(H,22,24). The Labute approximate surface area is 148 Å². The lowest BCUT2D eigenvalue weighted by Gasteiger charge is -2.16. The van der Waals surface area contributed by atoms with E-state index >= 15 is 0 Å². The van der Waals surface area contributed by atoms with E-state index in [0.29, 0.717) is 24.3 Å². The van der Waals surface area contributed by atoms with Gasteiger partial charge < -0.3 is 20.9 Å². The molecule has 0 spiro atoms. The van der Waals surface area contributed by atoms with Gasteiger partial charge in [0, 0.05) is 6.54 Å². The van der Waals surface area contributed by atoms with Crippen LogP contribution in [0.2, 0.25) is 0 Å². The Morgan fingerprint density at radius 3 is 2.68 bits per heavy atom. The molecule has 0 saturated carbocycles. The Morgan fingerprint density at radius 2 is 1.96 bits per heavy atom. The van der Waals surface area contributed by atoms with Crippen LogP contribution >= 0.6 is 0 Å². The minimum Gasteiger partial charge on any atom is -0.489 e. The van der Waals surface area contributed by atoms with Gasteiger partial charge in [-0.05, 0) is 29.7 Å². The van der Waals surface area contributed by atoms with E-state index in [0.717, 1.165) is 12.0 Å². The first kappa shape index (κ1) is 19.0. The van der Waals surface area contributed by atoms with E-state index in [2.05, 4.69) is 5.32 Å². The summed E-state index contributed by atoms with van der Waals surface area (Å²) >= 11 is 0. The molecule has 5 heteroatoms. The van der Waals surface area contributed by atoms with Crippen molar-refractivity contribution < 1.29 is 14.6 Å². The van der Waals surface area contributed by atoms with Crippen molar-refractivity contribution in [1.29, 1.82) is 0 Å². The predicted octanol–water partition coefficient (Wildman–Crippen LogP) is 2.54. The largest absolute Gasteiger partial charge is 0.489 e. The van der Waals surface area contributed by atoms with Gasteiger partial charge in [0.25, 0.3) is 0 Å². The number of rotatable bonds is 9. The van der Waals surface area contributed by atoms with Crippen molar-refractivity contribution in [2.45, 2.75) is 38.5 Å². The lowest BCUT2D eigenvalue weighted by molar-refractivity contribution is -0.123. The lowest BCUT2D eigenvalue weighted by Crippen LogP contribution is -2.42. The Balaban J connectivity index is 1.88. The molecular formula is C20H26N2O3. The van der Waals surface area contributed by atoms with Gasteiger partial charge in [-0.15, -0.1) is 0 Å². The van der Waals surface area contributed by atoms with Gasteiger partial charge in [0.05, 0.1) is 12.1 Å². The van der Waals surface area contributed by atoms with Gasteiger partial charge >= 0.3 is 0 Å². The number of carbonyl (C=O) groups is 1. The van der Waals surface area contributed by atoms with Gasteiger partial charge in [-0.3, -0.25) is 4.79 Å². The zero-order chi connectivity index (χ0) is 18.1. The number of nitrogens with two attached hydrogens (primary N) is 1. The van der Waals surface area contributed by atoms with Crippen molar-refractivity contribution in [2.75, 3.05) is 6.54 Å². The van der Waals surface area contributed by atoms with Crippen LogP contribution in [0.5, 0.6) is 5.75 Å². The second kappa shape index (κ2) is 9.81. The molecule has 2 atom stereocenters. The minimum absolute atomic E-state index is 0.123. The van der Waals surface area contributed by atoms with Crippen molar-refractivity contribution in [3.05, 3.63) is 65.7 Å². The van der Waals surface area contributed by atoms with Gasteiger partial charge in [0.15, 0.2) is 0 Å². The van der Waals surface area contributed by atoms with E-state index in [-0.39, 0.29) is 12.5 Å². The summed E-state index contributed by atoms with van der Waals surface area (Å²) in [5, 5.41) is 13.0. The maximum absolute atomic E-state index is 11.8. The highest BCUT2D eigenvalue weighted by atomic mass is 16.5. The number of ether oxygens (including phenoxy) is 1. The van der Waals surface area contributed by atoms with Crippen molar-refractivity contribution in [2.24, 2.45) is 5.73 Å². The summed E-state index contributed by atoms with van der Waals surface area (Å²) in [6.07, 6.45) is 0.668. The molecule has 0 radical (unpaired) electrons. The predicted molar refractivity (Wildman–Crippen MR) is 98.1 cm³/mol. The fourth-order valence-corrected chi connectivity index (χ4v) is 2.44. The first-order chi connectivity index (χ1) is 12.1. The number of aliphatic hydroxyl groups is 1. The van der Waals surface area contributed by atoms with Crippen LogP contribution in [0.3, 0.4) is 0 Å². The third-order valence-electron chi connectivity index (χ3n) is 3.90. The van der Waals surface area contributed by atoms with E-state index in [9.17, 15) is 9.90 Å². The summed E-state index contributed by atoms with van der Waals surface area (Å²) in [5.41, 5.74) is 7.52. The van der Waals surface area contributed by atoms with Gasteiger partial charge in [-0.2, -0.15) is 0 Å². The zero-order valence-electron chi connectivity index (χ0n) is 14.5. The molecule has 134 valence electrons. The third-order valence-corrected chi connectivity index (χ3v) is 3.90. The van der Waals surface area contributed by atoms with Crippen LogP contribution in [0, 0.1) is 0 Å². The molecule has 0 aliphatic heterocycles. The number of hydrogen-bond acceptors (Lipinski definition) is 4. The molecule has 5 nitrogen and oxygen atoms in total. The molecular weight excluding hydrogens is 316 g/mol. The Bertz CT molecular complexity index is 661. The summed E-state index contributed by atoms with van der Waals surface area (Å²) in [5.74, 6) is 0.437. The molecule has 0 aliphatic carbocycles. The molecule has 0 saturated heterocycles. The molecule has 2 aromatic carbocycles. The average Bonchev–Trinajstić information content (AvgIpc) is 2.65. The number of carbonyl (C=O) groups excluding carboxylic acids is 1. The van der Waals surface area contributed by atoms with Crippen molar-refractivity contribution in [3.8, 4) is 5.75 Å². The average molecular weight is 342 g/mol. The Hall–Kier alpha value is -2.37. The molecule has 0 fully saturated rings. The third kappa shape index (κ3) is 6.21. The Kier molecular flexibility index (Phi) is 7.44. The van der Waals surface area contributed by atoms with Gasteiger partial charge in [-0.25, -0.2) is 0 Å². The summed E-state index contributed by atoms with van der Waals surface area (Å²) < 4.78 is 5.76. The van der Waals surface area contributed by atoms with Crippen molar-refractivity contribution in [1.82, 2.24) is 5.32 Å². The van der Waals surface area contributed by atoms with Crippen LogP contribution in [0.25, 0.3) is 0 Å². The number of hydrogen-bond donors (Lipinski definition) is 3. The van der Waals surface area contributed by atoms with Crippen molar-refractivity contribution >= 4 is 5.91 Å². The first-order valence-electron chi connectivity index (χ1n) is 8.58. The molecule has 0 aromatic heterocycles. The van der Waals surface area contributed by atoms with Crippen LogP contribution in [0.15, 0.2) is 54.6 Å². The topological polar surface area (TPSA) is 84.6 Å². The molecule has 0 heterocycles. The fourth-order valence-electron chi connectivity index (χ4n) is 2.44. The molecule has 1 amide bonds. The van der Waals surface area contributed by atoms with E-state index in [1.54, 1.807) is 12.1 Å². The summed E-state index contributed by atoms with van der Waals surface area (Å²) in [4.78, 5) is 11.8. The highest BCUT2D eigenvalue weighted by Crippen LogP contribution is 2.20. The summed E-state index contributed by atoms with van der Waals surface area (Å²) in [7, 11) is 0. The Morgan fingerprint density at radius 1 is 1.20 bits per heavy atom. The first-order valence-corrected chi connectivity index (χ1v) is 8.58. The minimum atomic E-state index is -0.807. The number of nitrogens with one attached hydrogen (secondary N) is 1. The highest BCUT2D eigenvalue weighted by molar-refractivity contribution is 5.81. The van der Waals surface area contributed by atoms with Crippen LogP contribution in [-0.2, 0) is 11.4 Å². The van der Waals surface area contributed by atoms with E-state index in [1.165, 1.54) is 0 Å². The molecule has 4 N–H and O–H groups in total. The summed E-state index contributed by atoms with van der Waals surface area (Å²) in [6, 6.07) is 16.6. The molecule has 25 heavy (non-hydrogen) atoms. The number of benzene rings is 2. The van der Waals surface area contributed by atoms with Crippen LogP contribution in [-0.4, -0.2) is 23.6 Å². The van der Waals surface area contributed by atoms with Gasteiger partial charge in [0.2, 0.25) is 5.91 Å².